The van der Waals surface area contributed by atoms with E-state index in [1.165, 1.54) is 7.11 Å². The highest BCUT2D eigenvalue weighted by atomic mass is 79.9. The van der Waals surface area contributed by atoms with Crippen molar-refractivity contribution >= 4 is 50.9 Å². The van der Waals surface area contributed by atoms with E-state index in [-0.39, 0.29) is 4.91 Å². The summed E-state index contributed by atoms with van der Waals surface area (Å²) in [7, 11) is 1.20. The third kappa shape index (κ3) is 4.27. The number of hydrogen-bond donors (Lipinski definition) is 0. The third-order valence-electron chi connectivity index (χ3n) is 3.00. The number of thioether (sulfide) groups is 1. The molecule has 2 amide bonds. The fourth-order valence-electron chi connectivity index (χ4n) is 1.85. The number of amides is 2. The highest BCUT2D eigenvalue weighted by Gasteiger charge is 2.36. The quantitative estimate of drug-likeness (QED) is 0.406. The predicted octanol–water partition coefficient (Wildman–Crippen LogP) is 3.22. The van der Waals surface area contributed by atoms with Crippen molar-refractivity contribution in [2.24, 2.45) is 0 Å². The highest BCUT2D eigenvalue weighted by Crippen LogP contribution is 2.33. The van der Waals surface area contributed by atoms with E-state index >= 15 is 0 Å². The maximum absolute atomic E-state index is 12.2. The van der Waals surface area contributed by atoms with Gasteiger partial charge in [0.05, 0.1) is 16.5 Å². The Labute approximate surface area is 151 Å². The van der Waals surface area contributed by atoms with Gasteiger partial charge in [0.2, 0.25) is 0 Å². The number of nitrogens with zero attached hydrogens (tertiary/aromatic N) is 1. The lowest BCUT2D eigenvalue weighted by Gasteiger charge is -2.09. The second-order valence-corrected chi connectivity index (χ2v) is 6.48. The molecule has 1 fully saturated rings. The number of rotatable bonds is 6. The fraction of sp³-hybridized carbons (Fsp3) is 0.188. The van der Waals surface area contributed by atoms with Gasteiger partial charge in [-0.25, -0.2) is 0 Å². The zero-order valence-corrected chi connectivity index (χ0v) is 15.2. The molecule has 0 aromatic heterocycles. The topological polar surface area (TPSA) is 72.9 Å². The van der Waals surface area contributed by atoms with Crippen LogP contribution in [0, 0.1) is 0 Å². The monoisotopic (exact) mass is 411 g/mol. The molecule has 0 saturated carbocycles. The number of imide groups is 1. The van der Waals surface area contributed by atoms with E-state index in [1.54, 1.807) is 30.4 Å². The molecule has 0 spiro atoms. The molecule has 2 rings (SSSR count). The number of halogens is 1. The third-order valence-corrected chi connectivity index (χ3v) is 4.53. The normalized spacial score (nSPS) is 15.8. The molecule has 126 valence electrons. The minimum Gasteiger partial charge on any atom is -0.488 e. The Hall–Kier alpha value is -2.06. The average molecular weight is 412 g/mol. The number of ether oxygens (including phenoxy) is 2. The van der Waals surface area contributed by atoms with Gasteiger partial charge in [0.15, 0.2) is 0 Å². The molecule has 1 saturated heterocycles. The minimum absolute atomic E-state index is 0.246. The molecule has 1 aliphatic rings. The van der Waals surface area contributed by atoms with Crippen LogP contribution in [0.4, 0.5) is 4.79 Å². The van der Waals surface area contributed by atoms with Gasteiger partial charge in [-0.3, -0.25) is 19.3 Å². The van der Waals surface area contributed by atoms with Gasteiger partial charge in [0.1, 0.15) is 18.9 Å². The Morgan fingerprint density at radius 2 is 2.17 bits per heavy atom. The van der Waals surface area contributed by atoms with Crippen LogP contribution in [0.25, 0.3) is 6.08 Å². The largest absolute Gasteiger partial charge is 0.488 e. The highest BCUT2D eigenvalue weighted by molar-refractivity contribution is 9.10. The van der Waals surface area contributed by atoms with Crippen LogP contribution in [0.1, 0.15) is 5.56 Å². The van der Waals surface area contributed by atoms with Crippen LogP contribution in [0.5, 0.6) is 5.75 Å². The summed E-state index contributed by atoms with van der Waals surface area (Å²) in [6.07, 6.45) is 3.22. The van der Waals surface area contributed by atoms with Crippen LogP contribution in [-0.4, -0.2) is 42.3 Å². The summed E-state index contributed by atoms with van der Waals surface area (Å²) in [5.41, 5.74) is 0.719. The summed E-state index contributed by atoms with van der Waals surface area (Å²) in [5, 5.41) is -0.498. The van der Waals surface area contributed by atoms with E-state index in [1.807, 2.05) is 0 Å². The van der Waals surface area contributed by atoms with Crippen LogP contribution in [0.2, 0.25) is 0 Å². The summed E-state index contributed by atoms with van der Waals surface area (Å²) in [5.74, 6) is -0.519. The summed E-state index contributed by atoms with van der Waals surface area (Å²) >= 11 is 4.17. The number of carbonyl (C=O) groups is 3. The maximum Gasteiger partial charge on any atom is 0.325 e. The van der Waals surface area contributed by atoms with Crippen molar-refractivity contribution in [1.29, 1.82) is 0 Å². The van der Waals surface area contributed by atoms with E-state index in [9.17, 15) is 14.4 Å². The molecule has 0 unspecified atom stereocenters. The standard InChI is InChI=1S/C16H14BrNO5S/c1-3-6-23-12-5-4-10(7-11(12)17)8-13-15(20)18(16(21)24-13)9-14(19)22-2/h3-5,7-8H,1,6,9H2,2H3. The zero-order valence-electron chi connectivity index (χ0n) is 12.8. The molecule has 6 nitrogen and oxygen atoms in total. The molecule has 24 heavy (non-hydrogen) atoms. The molecule has 0 aliphatic carbocycles. The van der Waals surface area contributed by atoms with Crippen LogP contribution in [0.3, 0.4) is 0 Å². The molecule has 1 aliphatic heterocycles. The first-order valence-electron chi connectivity index (χ1n) is 6.81. The van der Waals surface area contributed by atoms with Crippen molar-refractivity contribution < 1.29 is 23.9 Å². The predicted molar refractivity (Wildman–Crippen MR) is 94.5 cm³/mol. The molecule has 1 aromatic carbocycles. The first-order valence-corrected chi connectivity index (χ1v) is 8.42. The van der Waals surface area contributed by atoms with Gasteiger partial charge >= 0.3 is 5.97 Å². The summed E-state index contributed by atoms with van der Waals surface area (Å²) in [6, 6.07) is 5.28. The van der Waals surface area contributed by atoms with Crippen molar-refractivity contribution in [3.63, 3.8) is 0 Å². The molecule has 8 heteroatoms. The van der Waals surface area contributed by atoms with Gasteiger partial charge in [-0.05, 0) is 51.5 Å². The Morgan fingerprint density at radius 3 is 2.79 bits per heavy atom. The number of methoxy groups -OCH3 is 1. The smallest absolute Gasteiger partial charge is 0.325 e. The summed E-state index contributed by atoms with van der Waals surface area (Å²) < 4.78 is 10.6. The zero-order chi connectivity index (χ0) is 17.7. The average Bonchev–Trinajstić information content (AvgIpc) is 2.81. The van der Waals surface area contributed by atoms with Crippen molar-refractivity contribution in [2.75, 3.05) is 20.3 Å². The van der Waals surface area contributed by atoms with Crippen LogP contribution in [0.15, 0.2) is 40.2 Å². The Kier molecular flexibility index (Phi) is 6.22. The molecule has 1 heterocycles. The lowest BCUT2D eigenvalue weighted by atomic mass is 10.2. The van der Waals surface area contributed by atoms with E-state index in [0.717, 1.165) is 22.2 Å². The Balaban J connectivity index is 2.18. The number of esters is 1. The minimum atomic E-state index is -0.648. The van der Waals surface area contributed by atoms with E-state index in [4.69, 9.17) is 4.74 Å². The Bertz CT molecular complexity index is 731. The number of carbonyl (C=O) groups excluding carboxylic acids is 3. The summed E-state index contributed by atoms with van der Waals surface area (Å²) in [6.45, 7) is 3.57. The van der Waals surface area contributed by atoms with Crippen LogP contribution >= 0.6 is 27.7 Å². The van der Waals surface area contributed by atoms with Crippen molar-refractivity contribution in [3.05, 3.63) is 45.8 Å². The molecular formula is C16H14BrNO5S. The molecule has 1 aromatic rings. The molecule has 0 atom stereocenters. The maximum atomic E-state index is 12.2. The fourth-order valence-corrected chi connectivity index (χ4v) is 3.20. The lowest BCUT2D eigenvalue weighted by molar-refractivity contribution is -0.143. The van der Waals surface area contributed by atoms with Crippen LogP contribution < -0.4 is 4.74 Å². The van der Waals surface area contributed by atoms with E-state index in [0.29, 0.717) is 16.8 Å². The number of hydrogen-bond acceptors (Lipinski definition) is 6. The second kappa shape index (κ2) is 8.16. The molecular weight excluding hydrogens is 398 g/mol. The lowest BCUT2D eigenvalue weighted by Crippen LogP contribution is -2.34. The molecule has 0 N–H and O–H groups in total. The van der Waals surface area contributed by atoms with E-state index in [2.05, 4.69) is 27.2 Å². The van der Waals surface area contributed by atoms with Gasteiger partial charge in [0, 0.05) is 0 Å². The van der Waals surface area contributed by atoms with Gasteiger partial charge in [-0.15, -0.1) is 0 Å². The number of benzene rings is 1. The molecule has 0 radical (unpaired) electrons. The van der Waals surface area contributed by atoms with E-state index < -0.39 is 23.7 Å². The molecule has 0 bridgehead atoms. The van der Waals surface area contributed by atoms with Crippen molar-refractivity contribution in [3.8, 4) is 5.75 Å². The van der Waals surface area contributed by atoms with Gasteiger partial charge < -0.3 is 9.47 Å². The van der Waals surface area contributed by atoms with Crippen molar-refractivity contribution in [2.45, 2.75) is 0 Å². The van der Waals surface area contributed by atoms with Crippen molar-refractivity contribution in [1.82, 2.24) is 4.90 Å². The van der Waals surface area contributed by atoms with Gasteiger partial charge in [-0.1, -0.05) is 18.7 Å². The SMILES string of the molecule is C=CCOc1ccc(C=C2SC(=O)N(CC(=O)OC)C2=O)cc1Br. The summed E-state index contributed by atoms with van der Waals surface area (Å²) in [4.78, 5) is 36.5. The first-order chi connectivity index (χ1) is 11.5. The van der Waals surface area contributed by atoms with Crippen LogP contribution in [-0.2, 0) is 14.3 Å². The second-order valence-electron chi connectivity index (χ2n) is 4.63. The Morgan fingerprint density at radius 1 is 1.42 bits per heavy atom. The van der Waals surface area contributed by atoms with Gasteiger partial charge in [0.25, 0.3) is 11.1 Å². The first kappa shape index (κ1) is 18.3. The van der Waals surface area contributed by atoms with Gasteiger partial charge in [-0.2, -0.15) is 0 Å².